The van der Waals surface area contributed by atoms with Crippen molar-refractivity contribution < 1.29 is 0 Å². The lowest BCUT2D eigenvalue weighted by Crippen LogP contribution is -2.46. The van der Waals surface area contributed by atoms with Gasteiger partial charge in [-0.3, -0.25) is 5.43 Å². The molecule has 20 heavy (non-hydrogen) atoms. The first-order valence-electron chi connectivity index (χ1n) is 8.30. The number of guanidine groups is 1. The number of hydrogen-bond donors (Lipinski definition) is 2. The van der Waals surface area contributed by atoms with Crippen molar-refractivity contribution in [2.75, 3.05) is 13.1 Å². The molecular formula is C16H32N4. The van der Waals surface area contributed by atoms with E-state index in [2.05, 4.69) is 31.1 Å². The molecule has 0 aromatic carbocycles. The van der Waals surface area contributed by atoms with Crippen LogP contribution in [0.25, 0.3) is 0 Å². The highest BCUT2D eigenvalue weighted by atomic mass is 15.4. The van der Waals surface area contributed by atoms with E-state index in [1.807, 2.05) is 0 Å². The largest absolute Gasteiger partial charge is 0.342 e. The molecule has 3 N–H and O–H groups in total. The van der Waals surface area contributed by atoms with Gasteiger partial charge >= 0.3 is 0 Å². The molecule has 1 unspecified atom stereocenters. The molecule has 0 amide bonds. The molecule has 2 fully saturated rings. The van der Waals surface area contributed by atoms with E-state index in [4.69, 9.17) is 10.8 Å². The lowest BCUT2D eigenvalue weighted by atomic mass is 9.77. The number of nitrogens with one attached hydrogen (secondary N) is 1. The summed E-state index contributed by atoms with van der Waals surface area (Å²) in [6.45, 7) is 9.26. The Kier molecular flexibility index (Phi) is 5.30. The second kappa shape index (κ2) is 6.79. The summed E-state index contributed by atoms with van der Waals surface area (Å²) in [7, 11) is 0. The van der Waals surface area contributed by atoms with E-state index in [-0.39, 0.29) is 0 Å². The van der Waals surface area contributed by atoms with Gasteiger partial charge in [0, 0.05) is 13.1 Å². The van der Waals surface area contributed by atoms with Crippen molar-refractivity contribution >= 4 is 5.96 Å². The number of nitrogens with zero attached hydrogens (tertiary/aromatic N) is 2. The number of nitrogens with two attached hydrogens (primary N) is 1. The summed E-state index contributed by atoms with van der Waals surface area (Å²) < 4.78 is 0. The monoisotopic (exact) mass is 280 g/mol. The highest BCUT2D eigenvalue weighted by Gasteiger charge is 2.28. The van der Waals surface area contributed by atoms with Gasteiger partial charge in [-0.05, 0) is 43.4 Å². The molecule has 0 spiro atoms. The van der Waals surface area contributed by atoms with Gasteiger partial charge in [-0.1, -0.05) is 33.6 Å². The van der Waals surface area contributed by atoms with Crippen LogP contribution in [0.5, 0.6) is 0 Å². The first-order valence-corrected chi connectivity index (χ1v) is 8.30. The third-order valence-electron chi connectivity index (χ3n) is 5.01. The van der Waals surface area contributed by atoms with Crippen molar-refractivity contribution in [1.82, 2.24) is 10.3 Å². The minimum Gasteiger partial charge on any atom is -0.342 e. The Morgan fingerprint density at radius 2 is 1.75 bits per heavy atom. The maximum atomic E-state index is 5.73. The summed E-state index contributed by atoms with van der Waals surface area (Å²) >= 11 is 0. The fraction of sp³-hybridized carbons (Fsp3) is 0.938. The molecule has 1 heterocycles. The minimum atomic E-state index is 0.412. The Morgan fingerprint density at radius 3 is 2.35 bits per heavy atom. The molecule has 0 aromatic heterocycles. The summed E-state index contributed by atoms with van der Waals surface area (Å²) in [6, 6.07) is 0.489. The van der Waals surface area contributed by atoms with E-state index >= 15 is 0 Å². The highest BCUT2D eigenvalue weighted by Crippen LogP contribution is 2.34. The maximum absolute atomic E-state index is 5.73. The first kappa shape index (κ1) is 15.6. The van der Waals surface area contributed by atoms with Crippen molar-refractivity contribution in [2.24, 2.45) is 22.2 Å². The van der Waals surface area contributed by atoms with Crippen LogP contribution >= 0.6 is 0 Å². The number of hydrogen-bond acceptors (Lipinski definition) is 2. The average molecular weight is 280 g/mol. The molecule has 1 aliphatic carbocycles. The second-order valence-electron chi connectivity index (χ2n) is 7.52. The van der Waals surface area contributed by atoms with E-state index in [1.165, 1.54) is 44.9 Å². The predicted molar refractivity (Wildman–Crippen MR) is 85.4 cm³/mol. The lowest BCUT2D eigenvalue weighted by molar-refractivity contribution is 0.216. The Balaban J connectivity index is 1.97. The zero-order valence-electron chi connectivity index (χ0n) is 13.5. The van der Waals surface area contributed by atoms with Gasteiger partial charge in [0.2, 0.25) is 5.96 Å². The molecule has 116 valence electrons. The molecule has 1 saturated heterocycles. The standard InChI is InChI=1S/C16H32N4/c1-16(2,3)13-7-6-11-20(12-10-13)15(19-17)18-14-8-4-5-9-14/h13-14H,4-12,17H2,1-3H3,(H,18,19). The molecular weight excluding hydrogens is 248 g/mol. The Bertz CT molecular complexity index is 326. The average Bonchev–Trinajstić information content (AvgIpc) is 2.76. The highest BCUT2D eigenvalue weighted by molar-refractivity contribution is 5.79. The molecule has 1 saturated carbocycles. The van der Waals surface area contributed by atoms with Crippen molar-refractivity contribution in [1.29, 1.82) is 0 Å². The van der Waals surface area contributed by atoms with Crippen LogP contribution in [0.15, 0.2) is 4.99 Å². The van der Waals surface area contributed by atoms with Crippen LogP contribution in [0.3, 0.4) is 0 Å². The van der Waals surface area contributed by atoms with Gasteiger partial charge in [0.15, 0.2) is 0 Å². The van der Waals surface area contributed by atoms with Gasteiger partial charge in [-0.25, -0.2) is 10.8 Å². The molecule has 1 atom stereocenters. The SMILES string of the molecule is CC(C)(C)C1CCCN(C(=NC2CCCC2)NN)CC1. The Hall–Kier alpha value is -0.770. The topological polar surface area (TPSA) is 53.6 Å². The first-order chi connectivity index (χ1) is 9.50. The fourth-order valence-electron chi connectivity index (χ4n) is 3.59. The summed E-state index contributed by atoms with van der Waals surface area (Å²) in [5, 5.41) is 0. The summed E-state index contributed by atoms with van der Waals surface area (Å²) in [5.41, 5.74) is 3.27. The van der Waals surface area contributed by atoms with Crippen LogP contribution in [0.2, 0.25) is 0 Å². The van der Waals surface area contributed by atoms with Crippen molar-refractivity contribution in [3.8, 4) is 0 Å². The van der Waals surface area contributed by atoms with Gasteiger partial charge in [0.25, 0.3) is 0 Å². The smallest absolute Gasteiger partial charge is 0.208 e. The zero-order valence-corrected chi connectivity index (χ0v) is 13.5. The van der Waals surface area contributed by atoms with Crippen LogP contribution in [-0.4, -0.2) is 30.0 Å². The second-order valence-corrected chi connectivity index (χ2v) is 7.52. The van der Waals surface area contributed by atoms with Crippen molar-refractivity contribution in [3.63, 3.8) is 0 Å². The van der Waals surface area contributed by atoms with E-state index in [0.29, 0.717) is 11.5 Å². The van der Waals surface area contributed by atoms with Crippen molar-refractivity contribution in [2.45, 2.75) is 71.8 Å². The minimum absolute atomic E-state index is 0.412. The van der Waals surface area contributed by atoms with Crippen molar-refractivity contribution in [3.05, 3.63) is 0 Å². The molecule has 0 radical (unpaired) electrons. The third-order valence-corrected chi connectivity index (χ3v) is 5.01. The third kappa shape index (κ3) is 4.11. The predicted octanol–water partition coefficient (Wildman–Crippen LogP) is 2.90. The normalized spacial score (nSPS) is 26.7. The van der Waals surface area contributed by atoms with E-state index in [9.17, 15) is 0 Å². The number of rotatable bonds is 1. The van der Waals surface area contributed by atoms with E-state index < -0.39 is 0 Å². The van der Waals surface area contributed by atoms with Gasteiger partial charge in [0.1, 0.15) is 0 Å². The number of aliphatic imine (C=N–C) groups is 1. The maximum Gasteiger partial charge on any atom is 0.208 e. The van der Waals surface area contributed by atoms with Crippen LogP contribution in [0, 0.1) is 11.3 Å². The van der Waals surface area contributed by atoms with Gasteiger partial charge in [-0.15, -0.1) is 0 Å². The fourth-order valence-corrected chi connectivity index (χ4v) is 3.59. The molecule has 4 heteroatoms. The lowest BCUT2D eigenvalue weighted by Gasteiger charge is -2.30. The van der Waals surface area contributed by atoms with Crippen LogP contribution in [0.4, 0.5) is 0 Å². The molecule has 2 aliphatic rings. The molecule has 0 aromatic rings. The summed E-state index contributed by atoms with van der Waals surface area (Å²) in [5.74, 6) is 7.46. The molecule has 1 aliphatic heterocycles. The Labute approximate surface area is 124 Å². The van der Waals surface area contributed by atoms with Crippen LogP contribution in [0.1, 0.15) is 65.7 Å². The van der Waals surface area contributed by atoms with Gasteiger partial charge in [-0.2, -0.15) is 0 Å². The van der Waals surface area contributed by atoms with E-state index in [0.717, 1.165) is 25.0 Å². The number of hydrazine groups is 1. The van der Waals surface area contributed by atoms with Gasteiger partial charge < -0.3 is 4.90 Å². The Morgan fingerprint density at radius 1 is 1.05 bits per heavy atom. The summed E-state index contributed by atoms with van der Waals surface area (Å²) in [6.07, 6.45) is 8.90. The molecule has 4 nitrogen and oxygen atoms in total. The molecule has 0 bridgehead atoms. The molecule has 2 rings (SSSR count). The van der Waals surface area contributed by atoms with Gasteiger partial charge in [0.05, 0.1) is 6.04 Å². The van der Waals surface area contributed by atoms with Crippen LogP contribution in [-0.2, 0) is 0 Å². The summed E-state index contributed by atoms with van der Waals surface area (Å²) in [4.78, 5) is 7.22. The number of likely N-dealkylation sites (tertiary alicyclic amines) is 1. The quantitative estimate of drug-likeness (QED) is 0.336. The zero-order chi connectivity index (χ0) is 14.6. The van der Waals surface area contributed by atoms with Crippen LogP contribution < -0.4 is 11.3 Å². The van der Waals surface area contributed by atoms with E-state index in [1.54, 1.807) is 0 Å².